The summed E-state index contributed by atoms with van der Waals surface area (Å²) in [5.41, 5.74) is 1.21. The molecule has 0 bridgehead atoms. The first-order chi connectivity index (χ1) is 8.25. The zero-order chi connectivity index (χ0) is 12.1. The lowest BCUT2D eigenvalue weighted by Crippen LogP contribution is -2.26. The van der Waals surface area contributed by atoms with Gasteiger partial charge in [-0.25, -0.2) is 4.98 Å². The van der Waals surface area contributed by atoms with Crippen LogP contribution in [0.4, 0.5) is 0 Å². The van der Waals surface area contributed by atoms with Gasteiger partial charge in [0.15, 0.2) is 10.8 Å². The maximum Gasteiger partial charge on any atom is 0.271 e. The SMILES string of the molecule is O=C(NCCc1cnc[nH]1)c1ccc(Cl)nn1. The molecule has 0 aliphatic heterocycles. The second-order valence-electron chi connectivity index (χ2n) is 3.32. The topological polar surface area (TPSA) is 83.6 Å². The molecule has 0 unspecified atom stereocenters. The van der Waals surface area contributed by atoms with E-state index in [1.165, 1.54) is 12.1 Å². The number of hydrogen-bond acceptors (Lipinski definition) is 4. The van der Waals surface area contributed by atoms with Crippen molar-refractivity contribution in [3.8, 4) is 0 Å². The van der Waals surface area contributed by atoms with Gasteiger partial charge in [-0.15, -0.1) is 10.2 Å². The van der Waals surface area contributed by atoms with Crippen LogP contribution in [-0.2, 0) is 6.42 Å². The summed E-state index contributed by atoms with van der Waals surface area (Å²) in [6.45, 7) is 0.505. The molecule has 0 radical (unpaired) electrons. The highest BCUT2D eigenvalue weighted by molar-refractivity contribution is 6.29. The number of aromatic nitrogens is 4. The third-order valence-corrected chi connectivity index (χ3v) is 2.30. The smallest absolute Gasteiger partial charge is 0.271 e. The summed E-state index contributed by atoms with van der Waals surface area (Å²) in [6, 6.07) is 3.05. The van der Waals surface area contributed by atoms with E-state index < -0.39 is 0 Å². The lowest BCUT2D eigenvalue weighted by molar-refractivity contribution is 0.0948. The van der Waals surface area contributed by atoms with Gasteiger partial charge in [-0.05, 0) is 12.1 Å². The van der Waals surface area contributed by atoms with E-state index in [9.17, 15) is 4.79 Å². The summed E-state index contributed by atoms with van der Waals surface area (Å²) in [6.07, 6.45) is 4.00. The van der Waals surface area contributed by atoms with Crippen LogP contribution >= 0.6 is 11.6 Å². The minimum atomic E-state index is -0.270. The Morgan fingerprint density at radius 3 is 2.94 bits per heavy atom. The second-order valence-corrected chi connectivity index (χ2v) is 3.71. The first kappa shape index (κ1) is 11.5. The van der Waals surface area contributed by atoms with Gasteiger partial charge in [0, 0.05) is 24.9 Å². The third-order valence-electron chi connectivity index (χ3n) is 2.10. The molecule has 7 heteroatoms. The molecule has 1 amide bonds. The number of imidazole rings is 1. The molecule has 88 valence electrons. The number of carbonyl (C=O) groups is 1. The maximum absolute atomic E-state index is 11.6. The van der Waals surface area contributed by atoms with Crippen molar-refractivity contribution in [2.75, 3.05) is 6.54 Å². The van der Waals surface area contributed by atoms with Crippen LogP contribution in [-0.4, -0.2) is 32.6 Å². The number of nitrogens with one attached hydrogen (secondary N) is 2. The Balaban J connectivity index is 1.83. The molecular formula is C10H10ClN5O. The fourth-order valence-corrected chi connectivity index (χ4v) is 1.36. The first-order valence-corrected chi connectivity index (χ1v) is 5.38. The van der Waals surface area contributed by atoms with E-state index in [4.69, 9.17) is 11.6 Å². The van der Waals surface area contributed by atoms with E-state index in [0.717, 1.165) is 5.69 Å². The van der Waals surface area contributed by atoms with Gasteiger partial charge >= 0.3 is 0 Å². The number of nitrogens with zero attached hydrogens (tertiary/aromatic N) is 3. The molecule has 0 spiro atoms. The molecule has 0 saturated carbocycles. The number of H-pyrrole nitrogens is 1. The van der Waals surface area contributed by atoms with E-state index in [2.05, 4.69) is 25.5 Å². The molecule has 2 N–H and O–H groups in total. The molecule has 2 heterocycles. The molecule has 0 fully saturated rings. The van der Waals surface area contributed by atoms with E-state index in [0.29, 0.717) is 13.0 Å². The fraction of sp³-hybridized carbons (Fsp3) is 0.200. The summed E-state index contributed by atoms with van der Waals surface area (Å²) < 4.78 is 0. The third kappa shape index (κ3) is 3.25. The summed E-state index contributed by atoms with van der Waals surface area (Å²) in [5, 5.41) is 10.3. The first-order valence-electron chi connectivity index (χ1n) is 5.00. The number of aromatic amines is 1. The average molecular weight is 252 g/mol. The van der Waals surface area contributed by atoms with Crippen molar-refractivity contribution in [3.05, 3.63) is 41.2 Å². The number of amides is 1. The lowest BCUT2D eigenvalue weighted by atomic mass is 10.3. The predicted octanol–water partition coefficient (Wildman–Crippen LogP) is 0.826. The normalized spacial score (nSPS) is 10.2. The van der Waals surface area contributed by atoms with Crippen molar-refractivity contribution in [2.45, 2.75) is 6.42 Å². The van der Waals surface area contributed by atoms with E-state index >= 15 is 0 Å². The van der Waals surface area contributed by atoms with Crippen LogP contribution in [0, 0.1) is 0 Å². The van der Waals surface area contributed by atoms with E-state index in [1.807, 2.05) is 0 Å². The quantitative estimate of drug-likeness (QED) is 0.843. The van der Waals surface area contributed by atoms with Crippen LogP contribution in [0.2, 0.25) is 5.15 Å². The van der Waals surface area contributed by atoms with E-state index in [-0.39, 0.29) is 16.8 Å². The summed E-state index contributed by atoms with van der Waals surface area (Å²) in [5.74, 6) is -0.270. The van der Waals surface area contributed by atoms with Gasteiger partial charge in [-0.2, -0.15) is 0 Å². The van der Waals surface area contributed by atoms with Crippen LogP contribution in [0.25, 0.3) is 0 Å². The van der Waals surface area contributed by atoms with Crippen molar-refractivity contribution in [1.82, 2.24) is 25.5 Å². The van der Waals surface area contributed by atoms with Crippen LogP contribution in [0.1, 0.15) is 16.2 Å². The molecule has 6 nitrogen and oxygen atoms in total. The summed E-state index contributed by atoms with van der Waals surface area (Å²) >= 11 is 5.57. The van der Waals surface area contributed by atoms with Crippen molar-refractivity contribution in [3.63, 3.8) is 0 Å². The average Bonchev–Trinajstić information content (AvgIpc) is 2.83. The predicted molar refractivity (Wildman–Crippen MR) is 61.7 cm³/mol. The summed E-state index contributed by atoms with van der Waals surface area (Å²) in [7, 11) is 0. The van der Waals surface area contributed by atoms with Gasteiger partial charge in [-0.3, -0.25) is 4.79 Å². The van der Waals surface area contributed by atoms with Gasteiger partial charge in [0.2, 0.25) is 0 Å². The Labute approximate surface area is 102 Å². The highest BCUT2D eigenvalue weighted by Gasteiger charge is 2.07. The second kappa shape index (κ2) is 5.40. The highest BCUT2D eigenvalue weighted by Crippen LogP contribution is 2.01. The fourth-order valence-electron chi connectivity index (χ4n) is 1.26. The van der Waals surface area contributed by atoms with Crippen molar-refractivity contribution >= 4 is 17.5 Å². The largest absolute Gasteiger partial charge is 0.350 e. The standard InChI is InChI=1S/C10H10ClN5O/c11-9-2-1-8(15-16-9)10(17)13-4-3-7-5-12-6-14-7/h1-2,5-6H,3-4H2,(H,12,14)(H,13,17). The van der Waals surface area contributed by atoms with Crippen molar-refractivity contribution < 1.29 is 4.79 Å². The Morgan fingerprint density at radius 1 is 1.41 bits per heavy atom. The molecule has 0 aliphatic carbocycles. The Bertz CT molecular complexity index is 482. The van der Waals surface area contributed by atoms with Gasteiger partial charge in [0.1, 0.15) is 0 Å². The minimum Gasteiger partial charge on any atom is -0.350 e. The molecular weight excluding hydrogens is 242 g/mol. The van der Waals surface area contributed by atoms with Crippen LogP contribution < -0.4 is 5.32 Å². The van der Waals surface area contributed by atoms with Gasteiger partial charge < -0.3 is 10.3 Å². The summed E-state index contributed by atoms with van der Waals surface area (Å²) in [4.78, 5) is 18.4. The van der Waals surface area contributed by atoms with Gasteiger partial charge in [0.25, 0.3) is 5.91 Å². The van der Waals surface area contributed by atoms with Crippen LogP contribution in [0.3, 0.4) is 0 Å². The Morgan fingerprint density at radius 2 is 2.29 bits per heavy atom. The Kier molecular flexibility index (Phi) is 3.66. The maximum atomic E-state index is 11.6. The lowest BCUT2D eigenvalue weighted by Gasteiger charge is -2.02. The molecule has 2 aromatic heterocycles. The Hall–Kier alpha value is -1.95. The molecule has 2 rings (SSSR count). The van der Waals surface area contributed by atoms with Crippen LogP contribution in [0.15, 0.2) is 24.7 Å². The molecule has 0 aliphatic rings. The molecule has 17 heavy (non-hydrogen) atoms. The molecule has 0 saturated heterocycles. The molecule has 2 aromatic rings. The number of rotatable bonds is 4. The van der Waals surface area contributed by atoms with Crippen molar-refractivity contribution in [1.29, 1.82) is 0 Å². The highest BCUT2D eigenvalue weighted by atomic mass is 35.5. The zero-order valence-corrected chi connectivity index (χ0v) is 9.61. The minimum absolute atomic E-state index is 0.249. The monoisotopic (exact) mass is 251 g/mol. The van der Waals surface area contributed by atoms with Crippen molar-refractivity contribution in [2.24, 2.45) is 0 Å². The molecule has 0 atom stereocenters. The zero-order valence-electron chi connectivity index (χ0n) is 8.85. The van der Waals surface area contributed by atoms with Gasteiger partial charge in [-0.1, -0.05) is 11.6 Å². The number of hydrogen-bond donors (Lipinski definition) is 2. The van der Waals surface area contributed by atoms with Gasteiger partial charge in [0.05, 0.1) is 6.33 Å². The number of halogens is 1. The van der Waals surface area contributed by atoms with Crippen LogP contribution in [0.5, 0.6) is 0 Å². The van der Waals surface area contributed by atoms with E-state index in [1.54, 1.807) is 12.5 Å². The molecule has 0 aromatic carbocycles. The number of carbonyl (C=O) groups excluding carboxylic acids is 1.